The molecule has 0 aromatic heterocycles. The third kappa shape index (κ3) is 6.02. The van der Waals surface area contributed by atoms with Gasteiger partial charge >= 0.3 is 6.18 Å². The van der Waals surface area contributed by atoms with Gasteiger partial charge in [0.1, 0.15) is 0 Å². The number of rotatable bonds is 7. The predicted octanol–water partition coefficient (Wildman–Crippen LogP) is 1.89. The van der Waals surface area contributed by atoms with Crippen LogP contribution in [0.3, 0.4) is 0 Å². The monoisotopic (exact) mass is 268 g/mol. The maximum absolute atomic E-state index is 12.6. The lowest BCUT2D eigenvalue weighted by atomic mass is 9.97. The molecule has 1 atom stereocenters. The number of halogens is 3. The van der Waals surface area contributed by atoms with Crippen LogP contribution in [0, 0.1) is 5.92 Å². The summed E-state index contributed by atoms with van der Waals surface area (Å²) in [5.41, 5.74) is 0. The lowest BCUT2D eigenvalue weighted by molar-refractivity contribution is -0.186. The number of piperidine rings is 1. The molecule has 0 aromatic carbocycles. The van der Waals surface area contributed by atoms with Crippen LogP contribution >= 0.6 is 0 Å². The Labute approximate surface area is 107 Å². The Hall–Kier alpha value is -0.330. The minimum atomic E-state index is -4.03. The number of nitrogens with zero attached hydrogens (tertiary/aromatic N) is 1. The second-order valence-electron chi connectivity index (χ2n) is 4.78. The molecule has 6 heteroatoms. The number of alkyl halides is 3. The molecule has 0 aromatic rings. The first-order chi connectivity index (χ1) is 8.54. The lowest BCUT2D eigenvalue weighted by Crippen LogP contribution is -2.42. The molecule has 1 aliphatic heterocycles. The minimum Gasteiger partial charge on any atom is -0.383 e. The van der Waals surface area contributed by atoms with E-state index in [4.69, 9.17) is 4.74 Å². The zero-order valence-corrected chi connectivity index (χ0v) is 10.9. The Morgan fingerprint density at radius 2 is 2.11 bits per heavy atom. The van der Waals surface area contributed by atoms with Gasteiger partial charge in [0.25, 0.3) is 0 Å². The normalized spacial score (nSPS) is 22.3. The van der Waals surface area contributed by atoms with Crippen molar-refractivity contribution in [2.24, 2.45) is 5.92 Å². The summed E-state index contributed by atoms with van der Waals surface area (Å²) in [5, 5.41) is 3.19. The van der Waals surface area contributed by atoms with E-state index in [9.17, 15) is 13.2 Å². The number of nitrogens with one attached hydrogen (secondary N) is 1. The average molecular weight is 268 g/mol. The zero-order chi connectivity index (χ0) is 13.4. The van der Waals surface area contributed by atoms with E-state index in [1.807, 2.05) is 4.90 Å². The molecule has 1 N–H and O–H groups in total. The van der Waals surface area contributed by atoms with Crippen molar-refractivity contribution in [2.45, 2.75) is 25.4 Å². The molecule has 0 amide bonds. The minimum absolute atomic E-state index is 0.168. The van der Waals surface area contributed by atoms with Crippen LogP contribution in [0.25, 0.3) is 0 Å². The lowest BCUT2D eigenvalue weighted by Gasteiger charge is -2.33. The first kappa shape index (κ1) is 15.7. The van der Waals surface area contributed by atoms with Gasteiger partial charge in [0.15, 0.2) is 0 Å². The average Bonchev–Trinajstić information content (AvgIpc) is 2.33. The number of methoxy groups -OCH3 is 1. The van der Waals surface area contributed by atoms with Crippen molar-refractivity contribution in [3.63, 3.8) is 0 Å². The van der Waals surface area contributed by atoms with Crippen LogP contribution in [-0.2, 0) is 4.74 Å². The fourth-order valence-electron chi connectivity index (χ4n) is 2.25. The fraction of sp³-hybridized carbons (Fsp3) is 1.00. The molecule has 0 aliphatic carbocycles. The van der Waals surface area contributed by atoms with Gasteiger partial charge < -0.3 is 15.0 Å². The van der Waals surface area contributed by atoms with Crippen LogP contribution in [0.1, 0.15) is 19.3 Å². The van der Waals surface area contributed by atoms with Crippen molar-refractivity contribution in [2.75, 3.05) is 46.4 Å². The van der Waals surface area contributed by atoms with Crippen molar-refractivity contribution in [3.8, 4) is 0 Å². The number of hydrogen-bond donors (Lipinski definition) is 1. The van der Waals surface area contributed by atoms with Gasteiger partial charge in [0, 0.05) is 20.2 Å². The Morgan fingerprint density at radius 3 is 2.78 bits per heavy atom. The highest BCUT2D eigenvalue weighted by molar-refractivity contribution is 4.78. The highest BCUT2D eigenvalue weighted by Gasteiger charge is 2.41. The quantitative estimate of drug-likeness (QED) is 0.714. The molecule has 1 unspecified atom stereocenters. The van der Waals surface area contributed by atoms with Gasteiger partial charge in [0.2, 0.25) is 0 Å². The molecule has 0 saturated carbocycles. The summed E-state index contributed by atoms with van der Waals surface area (Å²) in [4.78, 5) is 1.93. The van der Waals surface area contributed by atoms with E-state index in [1.165, 1.54) is 0 Å². The zero-order valence-electron chi connectivity index (χ0n) is 10.9. The summed E-state index contributed by atoms with van der Waals surface area (Å²) in [5.74, 6) is -1.13. The molecule has 1 fully saturated rings. The van der Waals surface area contributed by atoms with Crippen molar-refractivity contribution in [3.05, 3.63) is 0 Å². The van der Waals surface area contributed by atoms with Crippen molar-refractivity contribution in [1.29, 1.82) is 0 Å². The van der Waals surface area contributed by atoms with Crippen LogP contribution in [-0.4, -0.2) is 57.5 Å². The van der Waals surface area contributed by atoms with Gasteiger partial charge in [-0.25, -0.2) is 0 Å². The molecule has 1 heterocycles. The number of hydrogen-bond acceptors (Lipinski definition) is 3. The topological polar surface area (TPSA) is 24.5 Å². The summed E-state index contributed by atoms with van der Waals surface area (Å²) in [6.07, 6.45) is -2.21. The largest absolute Gasteiger partial charge is 0.393 e. The molecule has 108 valence electrons. The summed E-state index contributed by atoms with van der Waals surface area (Å²) in [7, 11) is 1.65. The van der Waals surface area contributed by atoms with Crippen LogP contribution in [0.2, 0.25) is 0 Å². The Kier molecular flexibility index (Phi) is 6.96. The molecule has 18 heavy (non-hydrogen) atoms. The van der Waals surface area contributed by atoms with Crippen LogP contribution < -0.4 is 5.32 Å². The summed E-state index contributed by atoms with van der Waals surface area (Å²) < 4.78 is 42.7. The van der Waals surface area contributed by atoms with E-state index < -0.39 is 12.1 Å². The maximum atomic E-state index is 12.6. The van der Waals surface area contributed by atoms with Gasteiger partial charge in [-0.3, -0.25) is 0 Å². The molecular weight excluding hydrogens is 245 g/mol. The van der Waals surface area contributed by atoms with Crippen LogP contribution in [0.5, 0.6) is 0 Å². The molecular formula is C12H23F3N2O. The first-order valence-corrected chi connectivity index (χ1v) is 6.52. The molecule has 1 saturated heterocycles. The Balaban J connectivity index is 2.11. The second kappa shape index (κ2) is 7.96. The van der Waals surface area contributed by atoms with Gasteiger partial charge in [-0.1, -0.05) is 0 Å². The molecule has 1 rings (SSSR count). The summed E-state index contributed by atoms with van der Waals surface area (Å²) in [6, 6.07) is 0. The van der Waals surface area contributed by atoms with Gasteiger partial charge in [-0.2, -0.15) is 13.2 Å². The predicted molar refractivity (Wildman–Crippen MR) is 64.6 cm³/mol. The second-order valence-corrected chi connectivity index (χ2v) is 4.78. The van der Waals surface area contributed by atoms with Crippen LogP contribution in [0.4, 0.5) is 13.2 Å². The van der Waals surface area contributed by atoms with E-state index in [1.54, 1.807) is 7.11 Å². The van der Waals surface area contributed by atoms with E-state index in [0.29, 0.717) is 13.0 Å². The van der Waals surface area contributed by atoms with Crippen molar-refractivity contribution in [1.82, 2.24) is 10.2 Å². The summed E-state index contributed by atoms with van der Waals surface area (Å²) >= 11 is 0. The van der Waals surface area contributed by atoms with Crippen molar-refractivity contribution >= 4 is 0 Å². The fourth-order valence-corrected chi connectivity index (χ4v) is 2.25. The third-order valence-corrected chi connectivity index (χ3v) is 3.28. The maximum Gasteiger partial charge on any atom is 0.393 e. The Morgan fingerprint density at radius 1 is 1.33 bits per heavy atom. The smallest absolute Gasteiger partial charge is 0.383 e. The van der Waals surface area contributed by atoms with Gasteiger partial charge in [-0.15, -0.1) is 0 Å². The van der Waals surface area contributed by atoms with E-state index in [2.05, 4.69) is 5.32 Å². The molecule has 1 aliphatic rings. The highest BCUT2D eigenvalue weighted by atomic mass is 19.4. The summed E-state index contributed by atoms with van der Waals surface area (Å²) in [6.45, 7) is 4.00. The molecule has 3 nitrogen and oxygen atoms in total. The molecule has 0 radical (unpaired) electrons. The van der Waals surface area contributed by atoms with Gasteiger partial charge in [0.05, 0.1) is 12.5 Å². The van der Waals surface area contributed by atoms with E-state index >= 15 is 0 Å². The number of ether oxygens (including phenoxy) is 1. The third-order valence-electron chi connectivity index (χ3n) is 3.28. The number of likely N-dealkylation sites (tertiary alicyclic amines) is 1. The molecule has 0 spiro atoms. The van der Waals surface area contributed by atoms with E-state index in [0.717, 1.165) is 32.6 Å². The highest BCUT2D eigenvalue weighted by Crippen LogP contribution is 2.32. The Bertz CT molecular complexity index is 224. The SMILES string of the molecule is COCCNCCCN1CCCC(C(F)(F)F)C1. The molecule has 0 bridgehead atoms. The van der Waals surface area contributed by atoms with Gasteiger partial charge in [-0.05, 0) is 38.9 Å². The van der Waals surface area contributed by atoms with Crippen LogP contribution in [0.15, 0.2) is 0 Å². The van der Waals surface area contributed by atoms with E-state index in [-0.39, 0.29) is 13.0 Å². The standard InChI is InChI=1S/C12H23F3N2O/c1-18-9-6-16-5-3-8-17-7-2-4-11(10-17)12(13,14)15/h11,16H,2-10H2,1H3. The first-order valence-electron chi connectivity index (χ1n) is 6.52. The van der Waals surface area contributed by atoms with Crippen molar-refractivity contribution < 1.29 is 17.9 Å².